The van der Waals surface area contributed by atoms with Gasteiger partial charge in [-0.05, 0) is 11.8 Å². The number of hydrogen-bond donors (Lipinski definition) is 3. The zero-order valence-electron chi connectivity index (χ0n) is 15.4. The predicted octanol–water partition coefficient (Wildman–Crippen LogP) is -4.81. The van der Waals surface area contributed by atoms with Gasteiger partial charge < -0.3 is 45.0 Å². The van der Waals surface area contributed by atoms with E-state index in [9.17, 15) is 24.9 Å². The lowest BCUT2D eigenvalue weighted by Crippen LogP contribution is -2.46. The standard InChI is InChI=1S/C12H19N5O10P2S/c1-16-4-17(9-6(16)10(19)15-12(13)14-9)11-8(24-2)7(18)5(26-11)3-25-28(20,21)27-29(22,23)30/h4-5,7-8,11,18H,3H2,1-2H3,(H5-,13,14,15,19,20,21,22,23,30)/p-2/t5-,7-,8-,11-/m1/s1. The van der Waals surface area contributed by atoms with Gasteiger partial charge in [0.25, 0.3) is 5.95 Å². The molecule has 0 aromatic carbocycles. The molecule has 2 aromatic rings. The van der Waals surface area contributed by atoms with Crippen LogP contribution in [-0.2, 0) is 37.2 Å². The minimum Gasteiger partial charge on any atom is -0.856 e. The first-order chi connectivity index (χ1) is 13.8. The van der Waals surface area contributed by atoms with Crippen LogP contribution in [0, 0.1) is 0 Å². The molecule has 0 bridgehead atoms. The fourth-order valence-electron chi connectivity index (χ4n) is 3.06. The van der Waals surface area contributed by atoms with Gasteiger partial charge in [-0.3, -0.25) is 4.57 Å². The van der Waals surface area contributed by atoms with Crippen LogP contribution in [0.15, 0.2) is 6.33 Å². The van der Waals surface area contributed by atoms with Crippen molar-refractivity contribution in [3.05, 3.63) is 6.33 Å². The van der Waals surface area contributed by atoms with E-state index in [2.05, 4.69) is 30.6 Å². The number of nitrogens with zero attached hydrogens (tertiary/aromatic N) is 4. The van der Waals surface area contributed by atoms with Crippen LogP contribution in [0.2, 0.25) is 0 Å². The molecule has 0 spiro atoms. The van der Waals surface area contributed by atoms with E-state index in [1.54, 1.807) is 7.05 Å². The van der Waals surface area contributed by atoms with E-state index in [0.717, 1.165) is 0 Å². The van der Waals surface area contributed by atoms with Gasteiger partial charge in [0.15, 0.2) is 18.6 Å². The highest BCUT2D eigenvalue weighted by atomic mass is 32.5. The van der Waals surface area contributed by atoms with Crippen molar-refractivity contribution in [2.75, 3.05) is 19.5 Å². The van der Waals surface area contributed by atoms with E-state index in [4.69, 9.17) is 20.1 Å². The van der Waals surface area contributed by atoms with Gasteiger partial charge in [-0.25, -0.2) is 14.1 Å². The summed E-state index contributed by atoms with van der Waals surface area (Å²) in [5.41, 5.74) is 5.76. The first kappa shape index (κ1) is 23.5. The van der Waals surface area contributed by atoms with Crippen molar-refractivity contribution in [2.24, 2.45) is 7.05 Å². The number of nitrogen functional groups attached to an aromatic ring is 1. The SMILES string of the molecule is CO[C@@H]1[C@H](O)[C@@H](CO[P+]([O-])([O-])OP([O-])(O)=S)O[C@H]1[n+]1cn(C)c2c([O-])nc(N)nc21. The van der Waals surface area contributed by atoms with Gasteiger partial charge in [-0.1, -0.05) is 4.98 Å². The average molecular weight is 485 g/mol. The largest absolute Gasteiger partial charge is 0.856 e. The summed E-state index contributed by atoms with van der Waals surface area (Å²) in [4.78, 5) is 50.6. The van der Waals surface area contributed by atoms with Crippen LogP contribution in [-0.4, -0.2) is 56.6 Å². The van der Waals surface area contributed by atoms with E-state index < -0.39 is 51.9 Å². The average Bonchev–Trinajstić information content (AvgIpc) is 3.07. The maximum absolute atomic E-state index is 12.1. The monoisotopic (exact) mass is 485 g/mol. The van der Waals surface area contributed by atoms with Gasteiger partial charge in [0.2, 0.25) is 14.4 Å². The molecule has 0 radical (unpaired) electrons. The van der Waals surface area contributed by atoms with E-state index in [-0.39, 0.29) is 17.1 Å². The molecule has 3 rings (SSSR count). The number of phosphoric ester groups is 1. The smallest absolute Gasteiger partial charge is 0.309 e. The molecular weight excluding hydrogens is 468 g/mol. The van der Waals surface area contributed by atoms with Gasteiger partial charge in [-0.2, -0.15) is 4.31 Å². The van der Waals surface area contributed by atoms with Gasteiger partial charge in [0.1, 0.15) is 24.9 Å². The molecule has 18 heteroatoms. The third-order valence-electron chi connectivity index (χ3n) is 4.21. The zero-order valence-corrected chi connectivity index (χ0v) is 18.0. The Morgan fingerprint density at radius 2 is 2.13 bits per heavy atom. The quantitative estimate of drug-likeness (QED) is 0.247. The van der Waals surface area contributed by atoms with Crippen LogP contribution in [0.25, 0.3) is 11.2 Å². The van der Waals surface area contributed by atoms with E-state index in [0.29, 0.717) is 0 Å². The summed E-state index contributed by atoms with van der Waals surface area (Å²) in [5.74, 6) is -0.908. The number of aliphatic hydroxyl groups is 1. The molecule has 1 aliphatic heterocycles. The van der Waals surface area contributed by atoms with Gasteiger partial charge >= 0.3 is 5.65 Å². The highest BCUT2D eigenvalue weighted by Crippen LogP contribution is 2.55. The number of imidazole rings is 1. The number of aromatic nitrogens is 4. The van der Waals surface area contributed by atoms with Crippen LogP contribution in [0.4, 0.5) is 5.95 Å². The minimum atomic E-state index is -5.25. The van der Waals surface area contributed by atoms with Crippen molar-refractivity contribution in [1.82, 2.24) is 14.5 Å². The van der Waals surface area contributed by atoms with Crippen LogP contribution >= 0.6 is 14.9 Å². The summed E-state index contributed by atoms with van der Waals surface area (Å²) in [5, 5.41) is 22.6. The summed E-state index contributed by atoms with van der Waals surface area (Å²) in [6.07, 6.45) is -3.31. The number of aryl methyl sites for hydroxylation is 1. The fraction of sp³-hybridized carbons (Fsp3) is 0.583. The number of rotatable bonds is 7. The van der Waals surface area contributed by atoms with Crippen molar-refractivity contribution < 1.29 is 52.7 Å². The Kier molecular flexibility index (Phi) is 6.61. The Morgan fingerprint density at radius 1 is 1.47 bits per heavy atom. The number of ether oxygens (including phenoxy) is 2. The lowest BCUT2D eigenvalue weighted by molar-refractivity contribution is -0.746. The molecule has 5 atom stereocenters. The Morgan fingerprint density at radius 3 is 2.73 bits per heavy atom. The Balaban J connectivity index is 1.86. The minimum absolute atomic E-state index is 0.0981. The number of fused-ring (bicyclic) bond motifs is 1. The van der Waals surface area contributed by atoms with Gasteiger partial charge in [-0.15, -0.1) is 0 Å². The first-order valence-electron chi connectivity index (χ1n) is 8.10. The number of nitrogens with two attached hydrogens (primary N) is 1. The lowest BCUT2D eigenvalue weighted by atomic mass is 10.1. The number of aliphatic hydroxyl groups excluding tert-OH is 1. The molecule has 168 valence electrons. The summed E-state index contributed by atoms with van der Waals surface area (Å²) in [7, 11) is -2.41. The zero-order chi connectivity index (χ0) is 22.4. The molecule has 0 saturated carbocycles. The Hall–Kier alpha value is -1.13. The van der Waals surface area contributed by atoms with Crippen molar-refractivity contribution in [3.63, 3.8) is 0 Å². The number of methoxy groups -OCH3 is 1. The van der Waals surface area contributed by atoms with E-state index >= 15 is 0 Å². The van der Waals surface area contributed by atoms with Crippen LogP contribution in [0.3, 0.4) is 0 Å². The molecule has 1 aliphatic rings. The molecule has 1 saturated heterocycles. The van der Waals surface area contributed by atoms with Crippen molar-refractivity contribution in [3.8, 4) is 5.88 Å². The summed E-state index contributed by atoms with van der Waals surface area (Å²) >= 11 is 3.98. The Labute approximate surface area is 174 Å². The van der Waals surface area contributed by atoms with E-state index in [1.807, 2.05) is 0 Å². The van der Waals surface area contributed by atoms with Gasteiger partial charge in [0.05, 0.1) is 7.05 Å². The molecule has 15 nitrogen and oxygen atoms in total. The molecule has 1 unspecified atom stereocenters. The topological polar surface area (TPSA) is 230 Å². The number of phosphoric acid groups is 1. The lowest BCUT2D eigenvalue weighted by Gasteiger charge is -2.35. The summed E-state index contributed by atoms with van der Waals surface area (Å²) in [6.45, 7) is -5.56. The highest BCUT2D eigenvalue weighted by molar-refractivity contribution is 8.07. The van der Waals surface area contributed by atoms with E-state index in [1.165, 1.54) is 22.6 Å². The van der Waals surface area contributed by atoms with Crippen molar-refractivity contribution in [1.29, 1.82) is 0 Å². The normalized spacial score (nSPS) is 26.9. The molecular formula is C12H17N5O10P2S-2. The van der Waals surface area contributed by atoms with Crippen molar-refractivity contribution in [2.45, 2.75) is 24.5 Å². The molecule has 4 N–H and O–H groups in total. The molecule has 30 heavy (non-hydrogen) atoms. The second kappa shape index (κ2) is 8.43. The highest BCUT2D eigenvalue weighted by Gasteiger charge is 2.49. The fourth-order valence-corrected chi connectivity index (χ4v) is 5.33. The van der Waals surface area contributed by atoms with Crippen molar-refractivity contribution >= 4 is 43.8 Å². The maximum Gasteiger partial charge on any atom is 0.309 e. The molecule has 0 aliphatic carbocycles. The van der Waals surface area contributed by atoms with Crippen LogP contribution in [0.1, 0.15) is 6.23 Å². The second-order valence-corrected chi connectivity index (χ2v) is 10.4. The predicted molar refractivity (Wildman–Crippen MR) is 93.7 cm³/mol. The summed E-state index contributed by atoms with van der Waals surface area (Å²) < 4.78 is 22.0. The molecule has 3 heterocycles. The first-order valence-corrected chi connectivity index (χ1v) is 12.2. The summed E-state index contributed by atoms with van der Waals surface area (Å²) in [6, 6.07) is 0. The van der Waals surface area contributed by atoms with Crippen LogP contribution < -0.4 is 30.1 Å². The van der Waals surface area contributed by atoms with Gasteiger partial charge in [0, 0.05) is 13.0 Å². The number of anilines is 1. The Bertz CT molecular complexity index is 986. The number of hydrogen-bond acceptors (Lipinski definition) is 13. The molecule has 1 fully saturated rings. The third-order valence-corrected chi connectivity index (χ3v) is 6.90. The molecule has 0 amide bonds. The second-order valence-electron chi connectivity index (χ2n) is 6.24. The molecule has 2 aromatic heterocycles. The maximum atomic E-state index is 12.1. The van der Waals surface area contributed by atoms with Crippen LogP contribution in [0.5, 0.6) is 5.88 Å². The third kappa shape index (κ3) is 4.85.